The number of hydrogen-bond donors (Lipinski definition) is 1. The predicted molar refractivity (Wildman–Crippen MR) is 77.0 cm³/mol. The summed E-state index contributed by atoms with van der Waals surface area (Å²) in [5, 5.41) is 11.1. The van der Waals surface area contributed by atoms with Gasteiger partial charge in [0.2, 0.25) is 0 Å². The number of Topliss-reactive ketones (excluding diaryl/α,β-unsaturated/α-hetero) is 1. The lowest BCUT2D eigenvalue weighted by atomic mass is 9.62. The predicted octanol–water partition coefficient (Wildman–Crippen LogP) is 3.62. The molecule has 1 aromatic carbocycles. The van der Waals surface area contributed by atoms with Crippen LogP contribution in [0.3, 0.4) is 0 Å². The monoisotopic (exact) mass is 256 g/mol. The summed E-state index contributed by atoms with van der Waals surface area (Å²) < 4.78 is 0. The Kier molecular flexibility index (Phi) is 3.23. The summed E-state index contributed by atoms with van der Waals surface area (Å²) in [4.78, 5) is 12.2. The summed E-state index contributed by atoms with van der Waals surface area (Å²) in [7, 11) is 0. The molecule has 1 aliphatic rings. The third-order valence-corrected chi connectivity index (χ3v) is 3.88. The largest absolute Gasteiger partial charge is 0.380 e. The van der Waals surface area contributed by atoms with Gasteiger partial charge in [-0.15, -0.1) is 0 Å². The van der Waals surface area contributed by atoms with E-state index in [1.807, 2.05) is 45.0 Å². The van der Waals surface area contributed by atoms with Crippen LogP contribution >= 0.6 is 0 Å². The van der Waals surface area contributed by atoms with Crippen molar-refractivity contribution in [2.45, 2.75) is 32.8 Å². The highest BCUT2D eigenvalue weighted by molar-refractivity contribution is 5.99. The van der Waals surface area contributed by atoms with E-state index in [0.29, 0.717) is 17.5 Å². The van der Waals surface area contributed by atoms with Gasteiger partial charge in [-0.25, -0.2) is 0 Å². The molecular weight excluding hydrogens is 236 g/mol. The number of carbonyl (C=O) groups is 1. The zero-order valence-corrected chi connectivity index (χ0v) is 11.7. The molecule has 1 unspecified atom stereocenters. The molecule has 0 heterocycles. The van der Waals surface area contributed by atoms with Gasteiger partial charge in [-0.1, -0.05) is 56.3 Å². The molecule has 0 fully saturated rings. The maximum atomic E-state index is 12.2. The summed E-state index contributed by atoms with van der Waals surface area (Å²) in [6.07, 6.45) is 3.91. The van der Waals surface area contributed by atoms with Crippen molar-refractivity contribution in [3.63, 3.8) is 0 Å². The van der Waals surface area contributed by atoms with Gasteiger partial charge in [-0.3, -0.25) is 4.79 Å². The molecule has 1 N–H and O–H groups in total. The van der Waals surface area contributed by atoms with Crippen LogP contribution in [0.5, 0.6) is 0 Å². The lowest BCUT2D eigenvalue weighted by Crippen LogP contribution is -2.46. The molecule has 0 bridgehead atoms. The lowest BCUT2D eigenvalue weighted by Gasteiger charge is -2.45. The highest BCUT2D eigenvalue weighted by atomic mass is 16.3. The van der Waals surface area contributed by atoms with E-state index in [0.717, 1.165) is 5.57 Å². The van der Waals surface area contributed by atoms with Crippen LogP contribution in [0.4, 0.5) is 0 Å². The van der Waals surface area contributed by atoms with Crippen molar-refractivity contribution in [2.75, 3.05) is 0 Å². The van der Waals surface area contributed by atoms with Gasteiger partial charge in [0.15, 0.2) is 5.78 Å². The van der Waals surface area contributed by atoms with Crippen LogP contribution in [-0.4, -0.2) is 10.9 Å². The number of aliphatic hydroxyl groups is 1. The molecule has 0 saturated carbocycles. The van der Waals surface area contributed by atoms with E-state index in [1.54, 1.807) is 12.1 Å². The number of benzene rings is 1. The van der Waals surface area contributed by atoms with Crippen molar-refractivity contribution >= 4 is 5.78 Å². The van der Waals surface area contributed by atoms with E-state index in [4.69, 9.17) is 0 Å². The standard InChI is InChI=1S/C17H20O2/c1-12(2)9-10-17(19)14-8-6-5-7-13(14)15(18)11-16(17,3)4/h5-10,19H,1,11H2,2-4H3/b10-9+. The van der Waals surface area contributed by atoms with Crippen LogP contribution in [0.2, 0.25) is 0 Å². The van der Waals surface area contributed by atoms with E-state index in [-0.39, 0.29) is 5.78 Å². The zero-order valence-electron chi connectivity index (χ0n) is 11.7. The van der Waals surface area contributed by atoms with Crippen molar-refractivity contribution < 1.29 is 9.90 Å². The van der Waals surface area contributed by atoms with E-state index >= 15 is 0 Å². The van der Waals surface area contributed by atoms with Crippen LogP contribution in [0.25, 0.3) is 0 Å². The first-order valence-electron chi connectivity index (χ1n) is 6.48. The van der Waals surface area contributed by atoms with E-state index in [9.17, 15) is 9.90 Å². The van der Waals surface area contributed by atoms with Gasteiger partial charge >= 0.3 is 0 Å². The van der Waals surface area contributed by atoms with Crippen LogP contribution < -0.4 is 0 Å². The van der Waals surface area contributed by atoms with Gasteiger partial charge in [0.1, 0.15) is 5.60 Å². The van der Waals surface area contributed by atoms with Gasteiger partial charge < -0.3 is 5.11 Å². The normalized spacial score (nSPS) is 25.4. The second-order valence-corrected chi connectivity index (χ2v) is 5.98. The Hall–Kier alpha value is -1.67. The number of ketones is 1. The molecule has 2 heteroatoms. The van der Waals surface area contributed by atoms with Gasteiger partial charge in [0.25, 0.3) is 0 Å². The minimum absolute atomic E-state index is 0.0917. The van der Waals surface area contributed by atoms with Crippen LogP contribution in [0, 0.1) is 5.41 Å². The molecule has 0 aromatic heterocycles. The average molecular weight is 256 g/mol. The Balaban J connectivity index is 2.65. The van der Waals surface area contributed by atoms with Crippen LogP contribution in [-0.2, 0) is 5.60 Å². The van der Waals surface area contributed by atoms with E-state index < -0.39 is 11.0 Å². The van der Waals surface area contributed by atoms with E-state index in [1.165, 1.54) is 0 Å². The van der Waals surface area contributed by atoms with Gasteiger partial charge in [0, 0.05) is 17.4 Å². The molecule has 1 aromatic rings. The molecule has 2 rings (SSSR count). The molecule has 2 nitrogen and oxygen atoms in total. The SMILES string of the molecule is C=C(C)/C=C/C1(O)c2ccccc2C(=O)CC1(C)C. The highest BCUT2D eigenvalue weighted by Gasteiger charge is 2.49. The third-order valence-electron chi connectivity index (χ3n) is 3.88. The molecule has 100 valence electrons. The van der Waals surface area contributed by atoms with Gasteiger partial charge in [-0.2, -0.15) is 0 Å². The quantitative estimate of drug-likeness (QED) is 0.821. The number of fused-ring (bicyclic) bond motifs is 1. The van der Waals surface area contributed by atoms with Crippen molar-refractivity contribution in [1.29, 1.82) is 0 Å². The summed E-state index contributed by atoms with van der Waals surface area (Å²) in [5.41, 5.74) is 0.504. The number of allylic oxidation sites excluding steroid dienone is 2. The van der Waals surface area contributed by atoms with Crippen molar-refractivity contribution in [1.82, 2.24) is 0 Å². The Morgan fingerprint density at radius 1 is 1.37 bits per heavy atom. The Morgan fingerprint density at radius 2 is 2.00 bits per heavy atom. The minimum atomic E-state index is -1.14. The first kappa shape index (κ1) is 13.8. The average Bonchev–Trinajstić information content (AvgIpc) is 2.34. The molecule has 1 atom stereocenters. The molecule has 0 aliphatic heterocycles. The maximum absolute atomic E-state index is 12.2. The van der Waals surface area contributed by atoms with Crippen molar-refractivity contribution in [3.8, 4) is 0 Å². The fourth-order valence-electron chi connectivity index (χ4n) is 2.63. The summed E-state index contributed by atoms with van der Waals surface area (Å²) in [6, 6.07) is 7.30. The Labute approximate surface area is 114 Å². The molecule has 0 radical (unpaired) electrons. The second kappa shape index (κ2) is 4.46. The highest BCUT2D eigenvalue weighted by Crippen LogP contribution is 2.49. The van der Waals surface area contributed by atoms with E-state index in [2.05, 4.69) is 6.58 Å². The fourth-order valence-corrected chi connectivity index (χ4v) is 2.63. The molecule has 0 spiro atoms. The molecule has 0 saturated heterocycles. The van der Waals surface area contributed by atoms with Crippen LogP contribution in [0.1, 0.15) is 43.1 Å². The van der Waals surface area contributed by atoms with Crippen LogP contribution in [0.15, 0.2) is 48.6 Å². The minimum Gasteiger partial charge on any atom is -0.380 e. The Bertz CT molecular complexity index is 566. The number of hydrogen-bond acceptors (Lipinski definition) is 2. The molecule has 1 aliphatic carbocycles. The van der Waals surface area contributed by atoms with Gasteiger partial charge in [0.05, 0.1) is 0 Å². The fraction of sp³-hybridized carbons (Fsp3) is 0.353. The first-order chi connectivity index (χ1) is 8.78. The summed E-state index contributed by atoms with van der Waals surface area (Å²) in [5.74, 6) is 0.0917. The van der Waals surface area contributed by atoms with Crippen molar-refractivity contribution in [2.24, 2.45) is 5.41 Å². The van der Waals surface area contributed by atoms with Crippen molar-refractivity contribution in [3.05, 3.63) is 59.7 Å². The lowest BCUT2D eigenvalue weighted by molar-refractivity contribution is -0.0368. The smallest absolute Gasteiger partial charge is 0.163 e. The summed E-state index contributed by atoms with van der Waals surface area (Å²) >= 11 is 0. The summed E-state index contributed by atoms with van der Waals surface area (Å²) in [6.45, 7) is 9.55. The van der Waals surface area contributed by atoms with Gasteiger partial charge in [-0.05, 0) is 18.6 Å². The molecule has 0 amide bonds. The second-order valence-electron chi connectivity index (χ2n) is 5.98. The maximum Gasteiger partial charge on any atom is 0.163 e. The first-order valence-corrected chi connectivity index (χ1v) is 6.48. The zero-order chi connectivity index (χ0) is 14.3. The molecular formula is C17H20O2. The Morgan fingerprint density at radius 3 is 2.63 bits per heavy atom. The topological polar surface area (TPSA) is 37.3 Å². The number of carbonyl (C=O) groups excluding carboxylic acids is 1. The molecule has 19 heavy (non-hydrogen) atoms. The number of rotatable bonds is 2. The third kappa shape index (κ3) is 2.17.